The first-order valence-corrected chi connectivity index (χ1v) is 20.5. The smallest absolute Gasteiger partial charge is 0.407 e. The summed E-state index contributed by atoms with van der Waals surface area (Å²) in [5.74, 6) is -0.365. The Morgan fingerprint density at radius 3 is 2.24 bits per heavy atom. The van der Waals surface area contributed by atoms with Gasteiger partial charge in [-0.15, -0.1) is 10.2 Å². The highest BCUT2D eigenvalue weighted by Crippen LogP contribution is 2.32. The van der Waals surface area contributed by atoms with E-state index in [1.165, 1.54) is 0 Å². The lowest BCUT2D eigenvalue weighted by molar-refractivity contribution is -0.129. The molecular weight excluding hydrogens is 735 g/mol. The molecule has 5 rings (SSSR count). The van der Waals surface area contributed by atoms with Crippen LogP contribution in [0, 0.1) is 24.7 Å². The summed E-state index contributed by atoms with van der Waals surface area (Å²) in [6.07, 6.45) is 5.72. The average Bonchev–Trinajstić information content (AvgIpc) is 3.75. The number of ether oxygens (including phenoxy) is 1. The largest absolute Gasteiger partial charge is 0.444 e. The van der Waals surface area contributed by atoms with Gasteiger partial charge in [0.1, 0.15) is 17.1 Å². The van der Waals surface area contributed by atoms with Gasteiger partial charge >= 0.3 is 6.09 Å². The van der Waals surface area contributed by atoms with Gasteiger partial charge in [-0.3, -0.25) is 19.4 Å². The summed E-state index contributed by atoms with van der Waals surface area (Å²) in [4.78, 5) is 59.5. The van der Waals surface area contributed by atoms with Crippen LogP contribution in [0.3, 0.4) is 0 Å². The van der Waals surface area contributed by atoms with E-state index in [9.17, 15) is 19.2 Å². The van der Waals surface area contributed by atoms with Gasteiger partial charge in [0, 0.05) is 54.4 Å². The first-order chi connectivity index (χ1) is 27.8. The molecule has 0 saturated heterocycles. The van der Waals surface area contributed by atoms with Crippen molar-refractivity contribution < 1.29 is 23.9 Å². The van der Waals surface area contributed by atoms with Crippen LogP contribution in [0.15, 0.2) is 60.8 Å². The molecule has 1 aliphatic rings. The Morgan fingerprint density at radius 1 is 0.931 bits per heavy atom. The van der Waals surface area contributed by atoms with Crippen molar-refractivity contribution in [1.82, 2.24) is 41.1 Å². The molecule has 58 heavy (non-hydrogen) atoms. The molecule has 3 amide bonds. The third kappa shape index (κ3) is 13.0. The first-order valence-electron chi connectivity index (χ1n) is 20.5. The number of carbonyl (C=O) groups excluding carboxylic acids is 4. The normalized spacial score (nSPS) is 16.1. The third-order valence-corrected chi connectivity index (χ3v) is 10.7. The lowest BCUT2D eigenvalue weighted by atomic mass is 9.77. The molecule has 310 valence electrons. The number of benzene rings is 2. The fraction of sp³-hybridized carbons (Fsp3) is 0.500. The molecule has 2 aromatic carbocycles. The topological polar surface area (TPSA) is 184 Å². The molecule has 0 unspecified atom stereocenters. The zero-order chi connectivity index (χ0) is 41.7. The number of nitrogens with zero attached hydrogens (tertiary/aromatic N) is 5. The number of tetrazole rings is 1. The minimum atomic E-state index is -0.602. The van der Waals surface area contributed by atoms with Gasteiger partial charge in [-0.2, -0.15) is 5.21 Å². The number of anilines is 1. The van der Waals surface area contributed by atoms with Crippen LogP contribution in [0.1, 0.15) is 94.8 Å². The lowest BCUT2D eigenvalue weighted by Gasteiger charge is -2.29. The number of aromatic amines is 1. The summed E-state index contributed by atoms with van der Waals surface area (Å²) >= 11 is 0. The number of hydrogen-bond acceptors (Lipinski definition) is 10. The zero-order valence-electron chi connectivity index (χ0n) is 34.8. The number of aryl methyl sites for hydroxylation is 1. The number of rotatable bonds is 18. The summed E-state index contributed by atoms with van der Waals surface area (Å²) in [6, 6.07) is 16.9. The predicted molar refractivity (Wildman–Crippen MR) is 224 cm³/mol. The Hall–Kier alpha value is -5.50. The number of carbonyl (C=O) groups is 4. The molecule has 0 bridgehead atoms. The summed E-state index contributed by atoms with van der Waals surface area (Å²) in [7, 11) is 0. The van der Waals surface area contributed by atoms with Gasteiger partial charge in [-0.05, 0) is 144 Å². The lowest BCUT2D eigenvalue weighted by Crippen LogP contribution is -2.37. The van der Waals surface area contributed by atoms with Crippen LogP contribution >= 0.6 is 0 Å². The highest BCUT2D eigenvalue weighted by atomic mass is 16.6. The van der Waals surface area contributed by atoms with Crippen LogP contribution in [0.25, 0.3) is 22.5 Å². The number of ketones is 1. The molecule has 0 aliphatic heterocycles. The molecule has 2 aromatic heterocycles. The number of alkyl carbamates (subject to hydrolysis) is 1. The van der Waals surface area contributed by atoms with Gasteiger partial charge in [-0.1, -0.05) is 38.1 Å². The average molecular weight is 794 g/mol. The molecule has 2 heterocycles. The fourth-order valence-corrected chi connectivity index (χ4v) is 7.35. The maximum Gasteiger partial charge on any atom is 0.407 e. The first kappa shape index (κ1) is 43.6. The van der Waals surface area contributed by atoms with Gasteiger partial charge in [0.25, 0.3) is 5.91 Å². The molecule has 1 atom stereocenters. The van der Waals surface area contributed by atoms with Crippen LogP contribution in [0.4, 0.5) is 10.5 Å². The second kappa shape index (κ2) is 20.8. The highest BCUT2D eigenvalue weighted by Gasteiger charge is 2.31. The van der Waals surface area contributed by atoms with Crippen molar-refractivity contribution in [2.24, 2.45) is 17.8 Å². The van der Waals surface area contributed by atoms with E-state index in [0.717, 1.165) is 66.7 Å². The molecule has 14 nitrogen and oxygen atoms in total. The van der Waals surface area contributed by atoms with Crippen LogP contribution in [0.2, 0.25) is 0 Å². The van der Waals surface area contributed by atoms with Gasteiger partial charge in [0.2, 0.25) is 11.7 Å². The molecule has 4 aromatic rings. The fourth-order valence-electron chi connectivity index (χ4n) is 7.35. The summed E-state index contributed by atoms with van der Waals surface area (Å²) in [6.45, 7) is 15.8. The van der Waals surface area contributed by atoms with Crippen LogP contribution < -0.4 is 16.0 Å². The summed E-state index contributed by atoms with van der Waals surface area (Å²) in [5.41, 5.74) is 4.88. The Bertz CT molecular complexity index is 1950. The number of aromatic nitrogens is 5. The highest BCUT2D eigenvalue weighted by molar-refractivity contribution is 5.96. The SMILES string of the molecule is CCN(CC)CCCNC(=O)c1cc(C)c(-c2ccc(C[C@H](CC(=O)C3CCC(CNC(=O)OC(C)(C)C)CC3)C(=O)Nc3ccc(-c4nn[nH]n4)cc3)cc2)cn1. The monoisotopic (exact) mass is 793 g/mol. The van der Waals surface area contributed by atoms with Crippen molar-refractivity contribution in [2.75, 3.05) is 38.0 Å². The minimum Gasteiger partial charge on any atom is -0.444 e. The van der Waals surface area contributed by atoms with Crippen molar-refractivity contribution in [3.8, 4) is 22.5 Å². The van der Waals surface area contributed by atoms with Crippen molar-refractivity contribution in [3.05, 3.63) is 77.6 Å². The van der Waals surface area contributed by atoms with Gasteiger partial charge < -0.3 is 25.6 Å². The van der Waals surface area contributed by atoms with E-state index in [-0.39, 0.29) is 35.9 Å². The minimum absolute atomic E-state index is 0.0810. The molecule has 0 spiro atoms. The molecule has 1 saturated carbocycles. The van der Waals surface area contributed by atoms with Crippen molar-refractivity contribution >= 4 is 29.4 Å². The molecule has 14 heteroatoms. The number of amides is 3. The molecule has 0 radical (unpaired) electrons. The molecular formula is C44H59N9O5. The van der Waals surface area contributed by atoms with Crippen molar-refractivity contribution in [3.63, 3.8) is 0 Å². The number of nitrogens with one attached hydrogen (secondary N) is 4. The number of Topliss-reactive ketones (excluding diaryl/α,β-unsaturated/α-hetero) is 1. The Morgan fingerprint density at radius 2 is 1.62 bits per heavy atom. The Kier molecular flexibility index (Phi) is 15.6. The number of H-pyrrole nitrogens is 1. The molecule has 4 N–H and O–H groups in total. The van der Waals surface area contributed by atoms with Gasteiger partial charge in [-0.25, -0.2) is 4.79 Å². The van der Waals surface area contributed by atoms with E-state index in [0.29, 0.717) is 49.6 Å². The van der Waals surface area contributed by atoms with E-state index in [1.807, 2.05) is 58.0 Å². The Labute approximate surface area is 341 Å². The second-order valence-electron chi connectivity index (χ2n) is 16.2. The third-order valence-electron chi connectivity index (χ3n) is 10.7. The van der Waals surface area contributed by atoms with E-state index >= 15 is 0 Å². The maximum absolute atomic E-state index is 13.9. The number of pyridine rings is 1. The van der Waals surface area contributed by atoms with Crippen LogP contribution in [-0.2, 0) is 20.7 Å². The van der Waals surface area contributed by atoms with E-state index in [4.69, 9.17) is 4.74 Å². The molecule has 1 fully saturated rings. The zero-order valence-corrected chi connectivity index (χ0v) is 34.8. The van der Waals surface area contributed by atoms with Crippen LogP contribution in [0.5, 0.6) is 0 Å². The van der Waals surface area contributed by atoms with E-state index < -0.39 is 17.6 Å². The van der Waals surface area contributed by atoms with Gasteiger partial charge in [0.05, 0.1) is 0 Å². The van der Waals surface area contributed by atoms with Crippen LogP contribution in [-0.4, -0.2) is 92.5 Å². The van der Waals surface area contributed by atoms with E-state index in [2.05, 4.69) is 60.3 Å². The predicted octanol–water partition coefficient (Wildman–Crippen LogP) is 6.79. The standard InChI is InChI=1S/C44H59N9O5/c1-7-53(8-2)23-9-22-45-42(56)38-24-29(3)37(28-46-38)32-14-10-30(11-15-32)25-35(41(55)48-36-20-18-34(19-21-36)40-49-51-52-50-40)26-39(54)33-16-12-31(13-17-33)27-47-43(57)58-44(4,5)6/h10-11,14-15,18-21,24,28,31,33,35H,7-9,12-13,16-17,22-23,25-27H2,1-6H3,(H,45,56)(H,47,57)(H,48,55)(H,49,50,51,52)/t31?,33?,35-/m1/s1. The van der Waals surface area contributed by atoms with Crippen molar-refractivity contribution in [1.29, 1.82) is 0 Å². The number of hydrogen-bond donors (Lipinski definition) is 4. The summed E-state index contributed by atoms with van der Waals surface area (Å²) < 4.78 is 5.37. The maximum atomic E-state index is 13.9. The summed E-state index contributed by atoms with van der Waals surface area (Å²) in [5, 5.41) is 23.0. The second-order valence-corrected chi connectivity index (χ2v) is 16.2. The quantitative estimate of drug-likeness (QED) is 0.0783. The van der Waals surface area contributed by atoms with E-state index in [1.54, 1.807) is 30.5 Å². The molecule has 1 aliphatic carbocycles. The van der Waals surface area contributed by atoms with Gasteiger partial charge in [0.15, 0.2) is 0 Å². The van der Waals surface area contributed by atoms with Crippen molar-refractivity contribution in [2.45, 2.75) is 92.1 Å². The Balaban J connectivity index is 1.22.